The molecule has 0 saturated heterocycles. The van der Waals surface area contributed by atoms with E-state index in [4.69, 9.17) is 27.3 Å². The lowest BCUT2D eigenvalue weighted by Crippen LogP contribution is -2.19. The Labute approximate surface area is 137 Å². The second kappa shape index (κ2) is 7.29. The van der Waals surface area contributed by atoms with Crippen LogP contribution in [0.4, 0.5) is 10.5 Å². The van der Waals surface area contributed by atoms with Crippen molar-refractivity contribution in [2.24, 2.45) is 5.73 Å². The molecule has 0 bridgehead atoms. The number of primary amides is 1. The van der Waals surface area contributed by atoms with Crippen LogP contribution >= 0.6 is 11.6 Å². The molecule has 2 rings (SSSR count). The standard InChI is InChI=1S/C16H12ClN3O3/c17-13-7-10(8-18)1-6-15(13)23-9-14(21)11-2-4-12(5-3-11)20-16(19)22/h1-7H,9H2,(H3,19,20,22). The van der Waals surface area contributed by atoms with Crippen molar-refractivity contribution in [3.05, 3.63) is 58.6 Å². The summed E-state index contributed by atoms with van der Waals surface area (Å²) in [5.41, 5.74) is 6.32. The minimum Gasteiger partial charge on any atom is -0.484 e. The van der Waals surface area contributed by atoms with Gasteiger partial charge in [0.25, 0.3) is 0 Å². The Morgan fingerprint density at radius 3 is 2.48 bits per heavy atom. The van der Waals surface area contributed by atoms with Crippen LogP contribution in [0.3, 0.4) is 0 Å². The van der Waals surface area contributed by atoms with Gasteiger partial charge < -0.3 is 15.8 Å². The Bertz CT molecular complexity index is 782. The molecule has 0 aliphatic heterocycles. The van der Waals surface area contributed by atoms with Crippen LogP contribution in [-0.4, -0.2) is 18.4 Å². The van der Waals surface area contributed by atoms with E-state index in [0.29, 0.717) is 22.6 Å². The van der Waals surface area contributed by atoms with Gasteiger partial charge in [0.15, 0.2) is 12.4 Å². The van der Waals surface area contributed by atoms with Crippen molar-refractivity contribution in [1.82, 2.24) is 0 Å². The number of benzene rings is 2. The molecule has 0 radical (unpaired) electrons. The van der Waals surface area contributed by atoms with E-state index in [1.165, 1.54) is 12.1 Å². The highest BCUT2D eigenvalue weighted by Crippen LogP contribution is 2.25. The largest absolute Gasteiger partial charge is 0.484 e. The van der Waals surface area contributed by atoms with E-state index in [2.05, 4.69) is 5.32 Å². The molecule has 0 aromatic heterocycles. The first-order chi connectivity index (χ1) is 11.0. The van der Waals surface area contributed by atoms with Crippen molar-refractivity contribution in [2.75, 3.05) is 11.9 Å². The van der Waals surface area contributed by atoms with E-state index >= 15 is 0 Å². The van der Waals surface area contributed by atoms with Gasteiger partial charge in [0.2, 0.25) is 0 Å². The van der Waals surface area contributed by atoms with E-state index < -0.39 is 6.03 Å². The molecule has 0 saturated carbocycles. The fraction of sp³-hybridized carbons (Fsp3) is 0.0625. The zero-order valence-corrected chi connectivity index (χ0v) is 12.6. The molecule has 3 N–H and O–H groups in total. The first-order valence-electron chi connectivity index (χ1n) is 6.52. The number of amides is 2. The number of anilines is 1. The van der Waals surface area contributed by atoms with Gasteiger partial charge in [-0.1, -0.05) is 11.6 Å². The van der Waals surface area contributed by atoms with Crippen LogP contribution in [-0.2, 0) is 0 Å². The minimum atomic E-state index is -0.678. The van der Waals surface area contributed by atoms with Crippen LogP contribution in [0.25, 0.3) is 0 Å². The quantitative estimate of drug-likeness (QED) is 0.822. The number of Topliss-reactive ketones (excluding diaryl/α,β-unsaturated/α-hetero) is 1. The number of urea groups is 1. The van der Waals surface area contributed by atoms with E-state index in [-0.39, 0.29) is 17.4 Å². The molecule has 0 heterocycles. The molecule has 0 atom stereocenters. The molecule has 0 aliphatic carbocycles. The molecule has 23 heavy (non-hydrogen) atoms. The van der Waals surface area contributed by atoms with Gasteiger partial charge in [0.05, 0.1) is 16.7 Å². The van der Waals surface area contributed by atoms with Gasteiger partial charge in [-0.25, -0.2) is 4.79 Å². The molecule has 2 aromatic carbocycles. The molecule has 7 heteroatoms. The molecule has 116 valence electrons. The van der Waals surface area contributed by atoms with Gasteiger partial charge in [-0.3, -0.25) is 4.79 Å². The van der Waals surface area contributed by atoms with Crippen LogP contribution in [0.15, 0.2) is 42.5 Å². The van der Waals surface area contributed by atoms with Gasteiger partial charge in [0, 0.05) is 11.3 Å². The zero-order valence-electron chi connectivity index (χ0n) is 11.9. The van der Waals surface area contributed by atoms with Crippen molar-refractivity contribution in [2.45, 2.75) is 0 Å². The zero-order chi connectivity index (χ0) is 16.8. The summed E-state index contributed by atoms with van der Waals surface area (Å²) in [6.45, 7) is -0.200. The van der Waals surface area contributed by atoms with Crippen molar-refractivity contribution in [3.8, 4) is 11.8 Å². The van der Waals surface area contributed by atoms with E-state index in [1.807, 2.05) is 6.07 Å². The SMILES string of the molecule is N#Cc1ccc(OCC(=O)c2ccc(NC(N)=O)cc2)c(Cl)c1. The first-order valence-corrected chi connectivity index (χ1v) is 6.89. The number of nitriles is 1. The van der Waals surface area contributed by atoms with Gasteiger partial charge >= 0.3 is 6.03 Å². The van der Waals surface area contributed by atoms with Gasteiger partial charge in [-0.05, 0) is 42.5 Å². The third-order valence-electron chi connectivity index (χ3n) is 2.89. The third-order valence-corrected chi connectivity index (χ3v) is 3.19. The lowest BCUT2D eigenvalue weighted by Gasteiger charge is -2.08. The van der Waals surface area contributed by atoms with Crippen LogP contribution in [0.5, 0.6) is 5.75 Å². The maximum atomic E-state index is 12.1. The van der Waals surface area contributed by atoms with Gasteiger partial charge in [-0.2, -0.15) is 5.26 Å². The fourth-order valence-corrected chi connectivity index (χ4v) is 2.03. The average molecular weight is 330 g/mol. The summed E-state index contributed by atoms with van der Waals surface area (Å²) in [5.74, 6) is 0.0714. The van der Waals surface area contributed by atoms with Gasteiger partial charge in [0.1, 0.15) is 5.75 Å². The lowest BCUT2D eigenvalue weighted by atomic mass is 10.1. The summed E-state index contributed by atoms with van der Waals surface area (Å²) in [4.78, 5) is 22.8. The van der Waals surface area contributed by atoms with Crippen LogP contribution in [0.2, 0.25) is 5.02 Å². The predicted molar refractivity (Wildman–Crippen MR) is 85.6 cm³/mol. The van der Waals surface area contributed by atoms with E-state index in [9.17, 15) is 9.59 Å². The summed E-state index contributed by atoms with van der Waals surface area (Å²) in [7, 11) is 0. The third kappa shape index (κ3) is 4.46. The van der Waals surface area contributed by atoms with Crippen molar-refractivity contribution >= 4 is 29.1 Å². The van der Waals surface area contributed by atoms with Crippen molar-refractivity contribution in [3.63, 3.8) is 0 Å². The smallest absolute Gasteiger partial charge is 0.316 e. The summed E-state index contributed by atoms with van der Waals surface area (Å²) in [6.07, 6.45) is 0. The van der Waals surface area contributed by atoms with Crippen molar-refractivity contribution in [1.29, 1.82) is 5.26 Å². The summed E-state index contributed by atoms with van der Waals surface area (Å²) in [6, 6.07) is 12.1. The van der Waals surface area contributed by atoms with E-state index in [0.717, 1.165) is 0 Å². The predicted octanol–water partition coefficient (Wildman–Crippen LogP) is 2.96. The number of ketones is 1. The number of carbonyl (C=O) groups excluding carboxylic acids is 2. The highest BCUT2D eigenvalue weighted by atomic mass is 35.5. The molecule has 0 spiro atoms. The topological polar surface area (TPSA) is 105 Å². The van der Waals surface area contributed by atoms with Gasteiger partial charge in [-0.15, -0.1) is 0 Å². The number of nitrogens with zero attached hydrogens (tertiary/aromatic N) is 1. The number of nitrogens with two attached hydrogens (primary N) is 1. The Hall–Kier alpha value is -3.04. The molecular formula is C16H12ClN3O3. The van der Waals surface area contributed by atoms with Crippen LogP contribution < -0.4 is 15.8 Å². The minimum absolute atomic E-state index is 0.200. The van der Waals surface area contributed by atoms with E-state index in [1.54, 1.807) is 30.3 Å². The molecule has 0 unspecified atom stereocenters. The highest BCUT2D eigenvalue weighted by molar-refractivity contribution is 6.32. The molecule has 2 amide bonds. The molecule has 0 fully saturated rings. The summed E-state index contributed by atoms with van der Waals surface area (Å²) < 4.78 is 5.37. The average Bonchev–Trinajstić information content (AvgIpc) is 2.53. The number of carbonyl (C=O) groups is 2. The molecule has 6 nitrogen and oxygen atoms in total. The second-order valence-corrected chi connectivity index (χ2v) is 4.94. The fourth-order valence-electron chi connectivity index (χ4n) is 1.80. The second-order valence-electron chi connectivity index (χ2n) is 4.54. The first kappa shape index (κ1) is 16.3. The number of hydrogen-bond donors (Lipinski definition) is 2. The summed E-state index contributed by atoms with van der Waals surface area (Å²) in [5, 5.41) is 11.4. The number of ether oxygens (including phenoxy) is 1. The van der Waals surface area contributed by atoms with Crippen molar-refractivity contribution < 1.29 is 14.3 Å². The molecular weight excluding hydrogens is 318 g/mol. The number of hydrogen-bond acceptors (Lipinski definition) is 4. The molecule has 2 aromatic rings. The Kier molecular flexibility index (Phi) is 5.18. The maximum absolute atomic E-state index is 12.1. The Balaban J connectivity index is 1.99. The highest BCUT2D eigenvalue weighted by Gasteiger charge is 2.09. The van der Waals surface area contributed by atoms with Crippen LogP contribution in [0, 0.1) is 11.3 Å². The van der Waals surface area contributed by atoms with Crippen LogP contribution in [0.1, 0.15) is 15.9 Å². The normalized spacial score (nSPS) is 9.74. The number of rotatable bonds is 5. The number of nitrogens with one attached hydrogen (secondary N) is 1. The summed E-state index contributed by atoms with van der Waals surface area (Å²) >= 11 is 5.97. The Morgan fingerprint density at radius 2 is 1.91 bits per heavy atom. The maximum Gasteiger partial charge on any atom is 0.316 e. The lowest BCUT2D eigenvalue weighted by molar-refractivity contribution is 0.0921. The Morgan fingerprint density at radius 1 is 1.22 bits per heavy atom. The molecule has 0 aliphatic rings. The monoisotopic (exact) mass is 329 g/mol. The number of halogens is 1.